The zero-order valence-electron chi connectivity index (χ0n) is 13.4. The normalized spacial score (nSPS) is 16.1. The molecule has 0 saturated carbocycles. The van der Waals surface area contributed by atoms with Gasteiger partial charge in [0.25, 0.3) is 0 Å². The summed E-state index contributed by atoms with van der Waals surface area (Å²) in [7, 11) is 1.40. The second-order valence-corrected chi connectivity index (χ2v) is 5.79. The van der Waals surface area contributed by atoms with Gasteiger partial charge in [0.05, 0.1) is 7.11 Å². The van der Waals surface area contributed by atoms with Gasteiger partial charge in [-0.1, -0.05) is 0 Å². The van der Waals surface area contributed by atoms with Crippen molar-refractivity contribution in [3.8, 4) is 0 Å². The Morgan fingerprint density at radius 3 is 2.52 bits per heavy atom. The summed E-state index contributed by atoms with van der Waals surface area (Å²) < 4.78 is 17.5. The number of likely N-dealkylation sites (tertiary alicyclic amines) is 1. The lowest BCUT2D eigenvalue weighted by molar-refractivity contribution is -0.140. The van der Waals surface area contributed by atoms with Crippen molar-refractivity contribution in [2.24, 2.45) is 5.92 Å². The summed E-state index contributed by atoms with van der Waals surface area (Å²) in [6.07, 6.45) is 2.80. The van der Waals surface area contributed by atoms with E-state index in [1.807, 2.05) is 0 Å². The molecule has 0 aliphatic carbocycles. The predicted molar refractivity (Wildman–Crippen MR) is 85.4 cm³/mol. The van der Waals surface area contributed by atoms with E-state index in [4.69, 9.17) is 0 Å². The molecule has 0 spiro atoms. The van der Waals surface area contributed by atoms with Gasteiger partial charge in [0.2, 0.25) is 5.91 Å². The summed E-state index contributed by atoms with van der Waals surface area (Å²) in [6, 6.07) is 5.80. The van der Waals surface area contributed by atoms with Crippen LogP contribution in [0.1, 0.15) is 25.7 Å². The molecule has 1 aliphatic heterocycles. The number of hydrogen-bond acceptors (Lipinski definition) is 4. The number of esters is 1. The lowest BCUT2D eigenvalue weighted by atomic mass is 9.95. The molecule has 1 aromatic rings. The van der Waals surface area contributed by atoms with Crippen LogP contribution in [-0.2, 0) is 14.3 Å². The molecule has 1 N–H and O–H groups in total. The number of hydrogen-bond donors (Lipinski definition) is 1. The van der Waals surface area contributed by atoms with Gasteiger partial charge in [-0.25, -0.2) is 4.39 Å². The van der Waals surface area contributed by atoms with Gasteiger partial charge in [-0.2, -0.15) is 0 Å². The molecule has 126 valence electrons. The first kappa shape index (κ1) is 17.4. The molecule has 1 amide bonds. The van der Waals surface area contributed by atoms with E-state index in [9.17, 15) is 14.0 Å². The van der Waals surface area contributed by atoms with E-state index in [1.165, 1.54) is 19.2 Å². The topological polar surface area (TPSA) is 58.6 Å². The van der Waals surface area contributed by atoms with Gasteiger partial charge < -0.3 is 15.0 Å². The molecule has 0 bridgehead atoms. The van der Waals surface area contributed by atoms with Crippen molar-refractivity contribution in [1.82, 2.24) is 4.90 Å². The third-order valence-electron chi connectivity index (χ3n) is 4.15. The van der Waals surface area contributed by atoms with E-state index in [2.05, 4.69) is 15.0 Å². The molecule has 23 heavy (non-hydrogen) atoms. The van der Waals surface area contributed by atoms with E-state index in [1.54, 1.807) is 12.1 Å². The molecule has 6 heteroatoms. The SMILES string of the molecule is COC(=O)CCCN1CCC(C(=O)Nc2ccc(F)cc2)CC1. The molecular formula is C17H23FN2O3. The molecule has 1 heterocycles. The van der Waals surface area contributed by atoms with Crippen molar-refractivity contribution in [2.45, 2.75) is 25.7 Å². The molecule has 0 unspecified atom stereocenters. The molecule has 1 aliphatic rings. The molecule has 5 nitrogen and oxygen atoms in total. The highest BCUT2D eigenvalue weighted by molar-refractivity contribution is 5.92. The number of piperidine rings is 1. The lowest BCUT2D eigenvalue weighted by Gasteiger charge is -2.31. The monoisotopic (exact) mass is 322 g/mol. The zero-order chi connectivity index (χ0) is 16.7. The minimum atomic E-state index is -0.316. The molecule has 0 aromatic heterocycles. The number of benzene rings is 1. The summed E-state index contributed by atoms with van der Waals surface area (Å²) >= 11 is 0. The number of amides is 1. The maximum atomic E-state index is 12.8. The first-order valence-corrected chi connectivity index (χ1v) is 7.94. The van der Waals surface area contributed by atoms with Crippen LogP contribution in [0.4, 0.5) is 10.1 Å². The number of carbonyl (C=O) groups excluding carboxylic acids is 2. The van der Waals surface area contributed by atoms with E-state index in [0.29, 0.717) is 12.1 Å². The highest BCUT2D eigenvalue weighted by atomic mass is 19.1. The van der Waals surface area contributed by atoms with Crippen LogP contribution >= 0.6 is 0 Å². The molecule has 1 saturated heterocycles. The summed E-state index contributed by atoms with van der Waals surface area (Å²) in [5.74, 6) is -0.524. The standard InChI is InChI=1S/C17H23FN2O3/c1-23-16(21)3-2-10-20-11-8-13(9-12-20)17(22)19-15-6-4-14(18)5-7-15/h4-7,13H,2-3,8-12H2,1H3,(H,19,22). The molecule has 1 aromatic carbocycles. The largest absolute Gasteiger partial charge is 0.469 e. The fraction of sp³-hybridized carbons (Fsp3) is 0.529. The highest BCUT2D eigenvalue weighted by Gasteiger charge is 2.24. The van der Waals surface area contributed by atoms with Crippen LogP contribution in [0.15, 0.2) is 24.3 Å². The van der Waals surface area contributed by atoms with Crippen molar-refractivity contribution < 1.29 is 18.7 Å². The van der Waals surface area contributed by atoms with Crippen LogP contribution < -0.4 is 5.32 Å². The Bertz CT molecular complexity index is 525. The summed E-state index contributed by atoms with van der Waals surface area (Å²) in [5.41, 5.74) is 0.622. The number of halogens is 1. The summed E-state index contributed by atoms with van der Waals surface area (Å²) in [5, 5.41) is 2.83. The van der Waals surface area contributed by atoms with E-state index in [-0.39, 0.29) is 23.6 Å². The van der Waals surface area contributed by atoms with Crippen LogP contribution in [0.2, 0.25) is 0 Å². The van der Waals surface area contributed by atoms with Crippen LogP contribution in [0.5, 0.6) is 0 Å². The Hall–Kier alpha value is -1.95. The molecular weight excluding hydrogens is 299 g/mol. The summed E-state index contributed by atoms with van der Waals surface area (Å²) in [6.45, 7) is 2.55. The minimum absolute atomic E-state index is 0.00850. The molecule has 0 atom stereocenters. The van der Waals surface area contributed by atoms with Crippen LogP contribution in [0, 0.1) is 11.7 Å². The van der Waals surface area contributed by atoms with Gasteiger partial charge in [0.15, 0.2) is 0 Å². The second kappa shape index (κ2) is 8.62. The molecule has 1 fully saturated rings. The predicted octanol–water partition coefficient (Wildman–Crippen LogP) is 2.43. The van der Waals surface area contributed by atoms with Gasteiger partial charge in [0.1, 0.15) is 5.82 Å². The highest BCUT2D eigenvalue weighted by Crippen LogP contribution is 2.20. The van der Waals surface area contributed by atoms with Crippen LogP contribution in [-0.4, -0.2) is 43.5 Å². The Balaban J connectivity index is 1.70. The second-order valence-electron chi connectivity index (χ2n) is 5.79. The van der Waals surface area contributed by atoms with Crippen molar-refractivity contribution >= 4 is 17.6 Å². The average molecular weight is 322 g/mol. The van der Waals surface area contributed by atoms with Gasteiger partial charge in [-0.15, -0.1) is 0 Å². The number of carbonyl (C=O) groups is 2. The number of anilines is 1. The van der Waals surface area contributed by atoms with E-state index >= 15 is 0 Å². The van der Waals surface area contributed by atoms with Gasteiger partial charge in [-0.05, 0) is 63.2 Å². The maximum absolute atomic E-state index is 12.8. The average Bonchev–Trinajstić information content (AvgIpc) is 2.57. The van der Waals surface area contributed by atoms with Gasteiger partial charge >= 0.3 is 5.97 Å². The lowest BCUT2D eigenvalue weighted by Crippen LogP contribution is -2.38. The Morgan fingerprint density at radius 2 is 1.91 bits per heavy atom. The number of ether oxygens (including phenoxy) is 1. The quantitative estimate of drug-likeness (QED) is 0.817. The van der Waals surface area contributed by atoms with Gasteiger partial charge in [0, 0.05) is 18.0 Å². The van der Waals surface area contributed by atoms with E-state index < -0.39 is 0 Å². The summed E-state index contributed by atoms with van der Waals surface area (Å²) in [4.78, 5) is 25.6. The smallest absolute Gasteiger partial charge is 0.305 e. The molecule has 2 rings (SSSR count). The van der Waals surface area contributed by atoms with Crippen molar-refractivity contribution in [3.63, 3.8) is 0 Å². The van der Waals surface area contributed by atoms with Crippen molar-refractivity contribution in [1.29, 1.82) is 0 Å². The number of rotatable bonds is 6. The third kappa shape index (κ3) is 5.63. The number of methoxy groups -OCH3 is 1. The minimum Gasteiger partial charge on any atom is -0.469 e. The van der Waals surface area contributed by atoms with E-state index in [0.717, 1.165) is 38.9 Å². The first-order chi connectivity index (χ1) is 11.1. The van der Waals surface area contributed by atoms with Crippen molar-refractivity contribution in [2.75, 3.05) is 32.1 Å². The van der Waals surface area contributed by atoms with Crippen LogP contribution in [0.25, 0.3) is 0 Å². The zero-order valence-corrected chi connectivity index (χ0v) is 13.4. The Morgan fingerprint density at radius 1 is 1.26 bits per heavy atom. The van der Waals surface area contributed by atoms with Gasteiger partial charge in [-0.3, -0.25) is 9.59 Å². The van der Waals surface area contributed by atoms with Crippen molar-refractivity contribution in [3.05, 3.63) is 30.1 Å². The first-order valence-electron chi connectivity index (χ1n) is 7.94. The fourth-order valence-corrected chi connectivity index (χ4v) is 2.75. The Labute approximate surface area is 135 Å². The number of nitrogens with zero attached hydrogens (tertiary/aromatic N) is 1. The van der Waals surface area contributed by atoms with Crippen LogP contribution in [0.3, 0.4) is 0 Å². The number of nitrogens with one attached hydrogen (secondary N) is 1. The fourth-order valence-electron chi connectivity index (χ4n) is 2.75. The molecule has 0 radical (unpaired) electrons. The Kier molecular flexibility index (Phi) is 6.52. The maximum Gasteiger partial charge on any atom is 0.305 e. The third-order valence-corrected chi connectivity index (χ3v) is 4.15.